The van der Waals surface area contributed by atoms with E-state index in [0.29, 0.717) is 27.6 Å². The van der Waals surface area contributed by atoms with Crippen LogP contribution in [0.25, 0.3) is 0 Å². The zero-order valence-corrected chi connectivity index (χ0v) is 13.1. The van der Waals surface area contributed by atoms with Gasteiger partial charge in [-0.3, -0.25) is 4.79 Å². The molecule has 2 rings (SSSR count). The van der Waals surface area contributed by atoms with Gasteiger partial charge in [0.25, 0.3) is 5.91 Å². The first-order valence-electron chi connectivity index (χ1n) is 6.43. The fourth-order valence-electron chi connectivity index (χ4n) is 1.94. The van der Waals surface area contributed by atoms with Gasteiger partial charge in [0.1, 0.15) is 16.3 Å². The van der Waals surface area contributed by atoms with Gasteiger partial charge >= 0.3 is 5.97 Å². The lowest BCUT2D eigenvalue weighted by molar-refractivity contribution is 0.0602. The molecular weight excluding hydrogens is 292 g/mol. The number of hydrogen-bond donors (Lipinski definition) is 1. The van der Waals surface area contributed by atoms with Crippen molar-refractivity contribution in [3.8, 4) is 0 Å². The van der Waals surface area contributed by atoms with Gasteiger partial charge in [0.2, 0.25) is 0 Å². The van der Waals surface area contributed by atoms with Crippen LogP contribution in [0.2, 0.25) is 0 Å². The molecule has 1 amide bonds. The standard InChI is InChI=1S/C14H16N2O4S/c1-5-9-6-10(14(18)19-4)13(21-9)15-12(17)11-7(2)16-20-8(11)3/h6H,5H2,1-4H3,(H,15,17). The number of carbonyl (C=O) groups is 2. The molecule has 0 aliphatic carbocycles. The molecular formula is C14H16N2O4S. The third-order valence-electron chi connectivity index (χ3n) is 3.02. The van der Waals surface area contributed by atoms with E-state index in [9.17, 15) is 9.59 Å². The molecule has 0 fully saturated rings. The number of nitrogens with zero attached hydrogens (tertiary/aromatic N) is 1. The van der Waals surface area contributed by atoms with E-state index in [1.165, 1.54) is 18.4 Å². The number of amides is 1. The Labute approximate surface area is 126 Å². The Hall–Kier alpha value is -2.15. The smallest absolute Gasteiger partial charge is 0.340 e. The molecule has 0 aliphatic heterocycles. The molecule has 0 aliphatic rings. The van der Waals surface area contributed by atoms with E-state index in [4.69, 9.17) is 9.26 Å². The van der Waals surface area contributed by atoms with E-state index in [-0.39, 0.29) is 5.91 Å². The van der Waals surface area contributed by atoms with Crippen LogP contribution in [0.15, 0.2) is 10.6 Å². The number of nitrogens with one attached hydrogen (secondary N) is 1. The summed E-state index contributed by atoms with van der Waals surface area (Å²) in [6.45, 7) is 5.34. The van der Waals surface area contributed by atoms with Crippen LogP contribution < -0.4 is 5.32 Å². The molecule has 21 heavy (non-hydrogen) atoms. The summed E-state index contributed by atoms with van der Waals surface area (Å²) < 4.78 is 9.72. The number of anilines is 1. The van der Waals surface area contributed by atoms with Gasteiger partial charge in [-0.15, -0.1) is 11.3 Å². The molecule has 7 heteroatoms. The van der Waals surface area contributed by atoms with Gasteiger partial charge in [-0.05, 0) is 26.3 Å². The Morgan fingerprint density at radius 2 is 2.14 bits per heavy atom. The fraction of sp³-hybridized carbons (Fsp3) is 0.357. The number of methoxy groups -OCH3 is 1. The van der Waals surface area contributed by atoms with Crippen LogP contribution in [0.1, 0.15) is 44.0 Å². The van der Waals surface area contributed by atoms with Crippen molar-refractivity contribution in [3.63, 3.8) is 0 Å². The summed E-state index contributed by atoms with van der Waals surface area (Å²) in [7, 11) is 1.31. The van der Waals surface area contributed by atoms with Crippen LogP contribution in [0.4, 0.5) is 5.00 Å². The molecule has 2 aromatic heterocycles. The maximum atomic E-state index is 12.3. The number of ether oxygens (including phenoxy) is 1. The van der Waals surface area contributed by atoms with Crippen LogP contribution in [0, 0.1) is 13.8 Å². The number of aromatic nitrogens is 1. The van der Waals surface area contributed by atoms with E-state index in [2.05, 4.69) is 10.5 Å². The Kier molecular flexibility index (Phi) is 4.42. The Morgan fingerprint density at radius 1 is 1.43 bits per heavy atom. The summed E-state index contributed by atoms with van der Waals surface area (Å²) >= 11 is 1.36. The number of rotatable bonds is 4. The summed E-state index contributed by atoms with van der Waals surface area (Å²) in [4.78, 5) is 25.1. The summed E-state index contributed by atoms with van der Waals surface area (Å²) in [5.74, 6) is -0.377. The predicted molar refractivity (Wildman–Crippen MR) is 79.0 cm³/mol. The normalized spacial score (nSPS) is 10.5. The molecule has 0 atom stereocenters. The molecule has 0 unspecified atom stereocenters. The largest absolute Gasteiger partial charge is 0.465 e. The molecule has 0 radical (unpaired) electrons. The Balaban J connectivity index is 2.33. The van der Waals surface area contributed by atoms with Crippen LogP contribution in [0.5, 0.6) is 0 Å². The minimum atomic E-state index is -0.472. The molecule has 1 N–H and O–H groups in total. The molecule has 0 aromatic carbocycles. The third kappa shape index (κ3) is 2.97. The maximum absolute atomic E-state index is 12.3. The molecule has 112 valence electrons. The van der Waals surface area contributed by atoms with Gasteiger partial charge in [-0.25, -0.2) is 4.79 Å². The van der Waals surface area contributed by atoms with Crippen LogP contribution >= 0.6 is 11.3 Å². The zero-order chi connectivity index (χ0) is 15.6. The summed E-state index contributed by atoms with van der Waals surface area (Å²) in [6, 6.07) is 1.74. The van der Waals surface area contributed by atoms with Crippen LogP contribution in [0.3, 0.4) is 0 Å². The van der Waals surface area contributed by atoms with E-state index in [1.807, 2.05) is 6.92 Å². The monoisotopic (exact) mass is 308 g/mol. The number of esters is 1. The highest BCUT2D eigenvalue weighted by atomic mass is 32.1. The number of thiophene rings is 1. The highest BCUT2D eigenvalue weighted by Crippen LogP contribution is 2.30. The van der Waals surface area contributed by atoms with E-state index >= 15 is 0 Å². The van der Waals surface area contributed by atoms with Crippen molar-refractivity contribution in [3.05, 3.63) is 33.5 Å². The van der Waals surface area contributed by atoms with Crippen molar-refractivity contribution >= 4 is 28.2 Å². The highest BCUT2D eigenvalue weighted by molar-refractivity contribution is 7.16. The first-order valence-corrected chi connectivity index (χ1v) is 7.24. The molecule has 0 bridgehead atoms. The molecule has 2 aromatic rings. The summed E-state index contributed by atoms with van der Waals surface area (Å²) in [5.41, 5.74) is 1.26. The van der Waals surface area contributed by atoms with Crippen molar-refractivity contribution in [1.29, 1.82) is 0 Å². The SMILES string of the molecule is CCc1cc(C(=O)OC)c(NC(=O)c2c(C)noc2C)s1. The average Bonchev–Trinajstić information content (AvgIpc) is 3.01. The van der Waals surface area contributed by atoms with Crippen molar-refractivity contribution in [1.82, 2.24) is 5.16 Å². The quantitative estimate of drug-likeness (QED) is 0.878. The molecule has 2 heterocycles. The predicted octanol–water partition coefficient (Wildman–Crippen LogP) is 2.95. The second-order valence-corrected chi connectivity index (χ2v) is 5.59. The lowest BCUT2D eigenvalue weighted by Gasteiger charge is -2.04. The fourth-order valence-corrected chi connectivity index (χ4v) is 2.92. The van der Waals surface area contributed by atoms with Gasteiger partial charge in [0, 0.05) is 4.88 Å². The van der Waals surface area contributed by atoms with Crippen molar-refractivity contribution in [2.45, 2.75) is 27.2 Å². The Morgan fingerprint density at radius 3 is 2.67 bits per heavy atom. The van der Waals surface area contributed by atoms with Gasteiger partial charge < -0.3 is 14.6 Å². The van der Waals surface area contributed by atoms with Crippen molar-refractivity contribution in [2.75, 3.05) is 12.4 Å². The van der Waals surface area contributed by atoms with E-state index in [1.54, 1.807) is 19.9 Å². The minimum absolute atomic E-state index is 0.346. The molecule has 0 saturated carbocycles. The van der Waals surface area contributed by atoms with Crippen molar-refractivity contribution in [2.24, 2.45) is 0 Å². The minimum Gasteiger partial charge on any atom is -0.465 e. The number of carbonyl (C=O) groups excluding carboxylic acids is 2. The van der Waals surface area contributed by atoms with Crippen LogP contribution in [-0.4, -0.2) is 24.1 Å². The van der Waals surface area contributed by atoms with Crippen molar-refractivity contribution < 1.29 is 18.8 Å². The van der Waals surface area contributed by atoms with Crippen LogP contribution in [-0.2, 0) is 11.2 Å². The highest BCUT2D eigenvalue weighted by Gasteiger charge is 2.22. The summed E-state index contributed by atoms with van der Waals surface area (Å²) in [6.07, 6.45) is 0.774. The third-order valence-corrected chi connectivity index (χ3v) is 4.22. The molecule has 0 spiro atoms. The second kappa shape index (κ2) is 6.09. The lowest BCUT2D eigenvalue weighted by Crippen LogP contribution is -2.15. The average molecular weight is 308 g/mol. The zero-order valence-electron chi connectivity index (χ0n) is 12.3. The maximum Gasteiger partial charge on any atom is 0.340 e. The molecule has 6 nitrogen and oxygen atoms in total. The van der Waals surface area contributed by atoms with Gasteiger partial charge in [-0.1, -0.05) is 12.1 Å². The Bertz CT molecular complexity index is 668. The van der Waals surface area contributed by atoms with E-state index < -0.39 is 5.97 Å². The number of aryl methyl sites for hydroxylation is 3. The van der Waals surface area contributed by atoms with Gasteiger partial charge in [0.15, 0.2) is 0 Å². The summed E-state index contributed by atoms with van der Waals surface area (Å²) in [5, 5.41) is 6.97. The first kappa shape index (κ1) is 15.2. The van der Waals surface area contributed by atoms with Gasteiger partial charge in [0.05, 0.1) is 18.4 Å². The first-order chi connectivity index (χ1) is 9.97. The van der Waals surface area contributed by atoms with E-state index in [0.717, 1.165) is 11.3 Å². The lowest BCUT2D eigenvalue weighted by atomic mass is 10.2. The van der Waals surface area contributed by atoms with Gasteiger partial charge in [-0.2, -0.15) is 0 Å². The molecule has 0 saturated heterocycles. The second-order valence-electron chi connectivity index (χ2n) is 4.45. The number of hydrogen-bond acceptors (Lipinski definition) is 6. The topological polar surface area (TPSA) is 81.4 Å².